The van der Waals surface area contributed by atoms with E-state index < -0.39 is 0 Å². The van der Waals surface area contributed by atoms with E-state index in [0.29, 0.717) is 23.6 Å². The van der Waals surface area contributed by atoms with Gasteiger partial charge in [0, 0.05) is 6.04 Å². The van der Waals surface area contributed by atoms with Crippen molar-refractivity contribution in [1.29, 1.82) is 5.26 Å². The van der Waals surface area contributed by atoms with Gasteiger partial charge in [-0.1, -0.05) is 0 Å². The summed E-state index contributed by atoms with van der Waals surface area (Å²) >= 11 is 0. The van der Waals surface area contributed by atoms with E-state index in [0.717, 1.165) is 18.6 Å². The molecule has 108 valence electrons. The van der Waals surface area contributed by atoms with Crippen LogP contribution in [0.3, 0.4) is 0 Å². The van der Waals surface area contributed by atoms with E-state index in [1.54, 1.807) is 19.2 Å². The van der Waals surface area contributed by atoms with Gasteiger partial charge in [0.05, 0.1) is 7.11 Å². The highest BCUT2D eigenvalue weighted by Gasteiger charge is 2.25. The highest BCUT2D eigenvalue weighted by Crippen LogP contribution is 2.27. The minimum Gasteiger partial charge on any atom is -0.497 e. The number of aromatic nitrogens is 1. The first-order valence-corrected chi connectivity index (χ1v) is 6.71. The minimum atomic E-state index is 0.174. The molecular formula is C15H15N3O3. The van der Waals surface area contributed by atoms with Crippen LogP contribution in [0.15, 0.2) is 28.7 Å². The fourth-order valence-corrected chi connectivity index (χ4v) is 1.83. The maximum atomic E-state index is 9.04. The Hall–Kier alpha value is -2.68. The molecule has 1 heterocycles. The first-order chi connectivity index (χ1) is 10.3. The fourth-order valence-electron chi connectivity index (χ4n) is 1.83. The molecule has 1 aromatic heterocycles. The zero-order chi connectivity index (χ0) is 14.7. The van der Waals surface area contributed by atoms with E-state index in [4.69, 9.17) is 19.2 Å². The maximum absolute atomic E-state index is 9.04. The average Bonchev–Trinajstić information content (AvgIpc) is 3.25. The number of ether oxygens (including phenoxy) is 2. The Balaban J connectivity index is 1.63. The van der Waals surface area contributed by atoms with E-state index in [9.17, 15) is 0 Å². The SMILES string of the molecule is COc1ccc(OCc2nc(C#N)c(NC3CC3)o2)cc1. The Kier molecular flexibility index (Phi) is 3.65. The van der Waals surface area contributed by atoms with Crippen LogP contribution in [0.1, 0.15) is 24.4 Å². The Morgan fingerprint density at radius 2 is 2.05 bits per heavy atom. The third-order valence-electron chi connectivity index (χ3n) is 3.11. The molecule has 21 heavy (non-hydrogen) atoms. The average molecular weight is 285 g/mol. The van der Waals surface area contributed by atoms with E-state index in [-0.39, 0.29) is 12.3 Å². The number of rotatable bonds is 6. The molecule has 0 radical (unpaired) electrons. The zero-order valence-corrected chi connectivity index (χ0v) is 11.6. The Morgan fingerprint density at radius 1 is 1.33 bits per heavy atom. The van der Waals surface area contributed by atoms with Gasteiger partial charge in [-0.2, -0.15) is 10.2 Å². The van der Waals surface area contributed by atoms with Crippen molar-refractivity contribution in [2.24, 2.45) is 0 Å². The molecule has 0 bridgehead atoms. The molecule has 3 rings (SSSR count). The van der Waals surface area contributed by atoms with Crippen LogP contribution in [0.2, 0.25) is 0 Å². The lowest BCUT2D eigenvalue weighted by molar-refractivity contribution is 0.264. The van der Waals surface area contributed by atoms with Crippen LogP contribution in [0, 0.1) is 11.3 Å². The zero-order valence-electron chi connectivity index (χ0n) is 11.6. The molecule has 0 amide bonds. The van der Waals surface area contributed by atoms with Gasteiger partial charge in [-0.25, -0.2) is 0 Å². The second kappa shape index (κ2) is 5.75. The van der Waals surface area contributed by atoms with Crippen LogP contribution < -0.4 is 14.8 Å². The third kappa shape index (κ3) is 3.26. The number of methoxy groups -OCH3 is 1. The number of hydrogen-bond acceptors (Lipinski definition) is 6. The van der Waals surface area contributed by atoms with Gasteiger partial charge in [0.25, 0.3) is 0 Å². The van der Waals surface area contributed by atoms with Gasteiger partial charge in [0.1, 0.15) is 17.6 Å². The predicted molar refractivity (Wildman–Crippen MR) is 75.2 cm³/mol. The standard InChI is InChI=1S/C15H15N3O3/c1-19-11-4-6-12(7-5-11)20-9-14-18-13(8-16)15(21-14)17-10-2-3-10/h4-7,10,17H,2-3,9H2,1H3. The second-order valence-electron chi connectivity index (χ2n) is 4.78. The molecule has 0 spiro atoms. The summed E-state index contributed by atoms with van der Waals surface area (Å²) < 4.78 is 16.2. The van der Waals surface area contributed by atoms with Crippen LogP contribution in [0.5, 0.6) is 11.5 Å². The van der Waals surface area contributed by atoms with Crippen molar-refractivity contribution in [3.8, 4) is 17.6 Å². The molecule has 1 aliphatic carbocycles. The molecule has 1 saturated carbocycles. The van der Waals surface area contributed by atoms with Crippen LogP contribution >= 0.6 is 0 Å². The van der Waals surface area contributed by atoms with Crippen LogP contribution in [0.4, 0.5) is 5.88 Å². The lowest BCUT2D eigenvalue weighted by Gasteiger charge is -2.04. The lowest BCUT2D eigenvalue weighted by Crippen LogP contribution is -2.00. The van der Waals surface area contributed by atoms with Crippen molar-refractivity contribution in [1.82, 2.24) is 4.98 Å². The van der Waals surface area contributed by atoms with Crippen molar-refractivity contribution >= 4 is 5.88 Å². The van der Waals surface area contributed by atoms with E-state index in [1.807, 2.05) is 18.2 Å². The highest BCUT2D eigenvalue weighted by molar-refractivity contribution is 5.46. The first kappa shape index (κ1) is 13.3. The van der Waals surface area contributed by atoms with Gasteiger partial charge < -0.3 is 19.2 Å². The second-order valence-corrected chi connectivity index (χ2v) is 4.78. The van der Waals surface area contributed by atoms with Crippen molar-refractivity contribution < 1.29 is 13.9 Å². The summed E-state index contributed by atoms with van der Waals surface area (Å²) in [5, 5.41) is 12.2. The van der Waals surface area contributed by atoms with Crippen LogP contribution in [-0.2, 0) is 6.61 Å². The highest BCUT2D eigenvalue weighted by atomic mass is 16.5. The van der Waals surface area contributed by atoms with Gasteiger partial charge in [-0.05, 0) is 37.1 Å². The Morgan fingerprint density at radius 3 is 2.67 bits per heavy atom. The van der Waals surface area contributed by atoms with E-state index >= 15 is 0 Å². The quantitative estimate of drug-likeness (QED) is 0.879. The Bertz CT molecular complexity index is 654. The molecule has 0 unspecified atom stereocenters. The van der Waals surface area contributed by atoms with Crippen molar-refractivity contribution in [3.63, 3.8) is 0 Å². The number of benzene rings is 1. The minimum absolute atomic E-state index is 0.174. The summed E-state index contributed by atoms with van der Waals surface area (Å²) in [6, 6.07) is 9.65. The molecule has 0 atom stereocenters. The molecule has 1 aromatic carbocycles. The molecule has 6 nitrogen and oxygen atoms in total. The van der Waals surface area contributed by atoms with Crippen LogP contribution in [-0.4, -0.2) is 18.1 Å². The third-order valence-corrected chi connectivity index (χ3v) is 3.11. The largest absolute Gasteiger partial charge is 0.497 e. The van der Waals surface area contributed by atoms with Crippen molar-refractivity contribution in [2.75, 3.05) is 12.4 Å². The van der Waals surface area contributed by atoms with Crippen LogP contribution in [0.25, 0.3) is 0 Å². The van der Waals surface area contributed by atoms with Gasteiger partial charge in [0.2, 0.25) is 17.5 Å². The summed E-state index contributed by atoms with van der Waals surface area (Å²) in [4.78, 5) is 4.12. The summed E-state index contributed by atoms with van der Waals surface area (Å²) in [6.45, 7) is 0.174. The first-order valence-electron chi connectivity index (χ1n) is 6.71. The molecule has 1 fully saturated rings. The molecule has 6 heteroatoms. The summed E-state index contributed by atoms with van der Waals surface area (Å²) in [6.07, 6.45) is 2.20. The van der Waals surface area contributed by atoms with Gasteiger partial charge in [-0.15, -0.1) is 0 Å². The maximum Gasteiger partial charge on any atom is 0.236 e. The number of nitriles is 1. The van der Waals surface area contributed by atoms with Crippen molar-refractivity contribution in [2.45, 2.75) is 25.5 Å². The lowest BCUT2D eigenvalue weighted by atomic mass is 10.3. The predicted octanol–water partition coefficient (Wildman–Crippen LogP) is 2.71. The monoisotopic (exact) mass is 285 g/mol. The summed E-state index contributed by atoms with van der Waals surface area (Å²) in [7, 11) is 1.61. The van der Waals surface area contributed by atoms with E-state index in [2.05, 4.69) is 10.3 Å². The number of nitrogens with zero attached hydrogens (tertiary/aromatic N) is 2. The molecule has 2 aromatic rings. The molecule has 1 aliphatic rings. The van der Waals surface area contributed by atoms with E-state index in [1.165, 1.54) is 0 Å². The molecule has 0 aliphatic heterocycles. The summed E-state index contributed by atoms with van der Waals surface area (Å²) in [5.41, 5.74) is 0.273. The smallest absolute Gasteiger partial charge is 0.236 e. The Labute approximate surface area is 122 Å². The number of nitrogens with one attached hydrogen (secondary N) is 1. The van der Waals surface area contributed by atoms with Gasteiger partial charge in [-0.3, -0.25) is 0 Å². The number of oxazole rings is 1. The summed E-state index contributed by atoms with van der Waals surface area (Å²) in [5.74, 6) is 2.27. The number of hydrogen-bond donors (Lipinski definition) is 1. The number of anilines is 1. The van der Waals surface area contributed by atoms with Gasteiger partial charge in [0.15, 0.2) is 6.61 Å². The molecular weight excluding hydrogens is 270 g/mol. The molecule has 0 saturated heterocycles. The van der Waals surface area contributed by atoms with Crippen molar-refractivity contribution in [3.05, 3.63) is 35.9 Å². The topological polar surface area (TPSA) is 80.3 Å². The molecule has 1 N–H and O–H groups in total. The normalized spacial score (nSPS) is 13.5. The van der Waals surface area contributed by atoms with Gasteiger partial charge >= 0.3 is 0 Å². The fraction of sp³-hybridized carbons (Fsp3) is 0.333.